The van der Waals surface area contributed by atoms with Gasteiger partial charge in [0.25, 0.3) is 0 Å². The predicted molar refractivity (Wildman–Crippen MR) is 58.1 cm³/mol. The van der Waals surface area contributed by atoms with Crippen LogP contribution in [0.3, 0.4) is 0 Å². The van der Waals surface area contributed by atoms with Crippen molar-refractivity contribution in [3.63, 3.8) is 0 Å². The molecule has 16 heavy (non-hydrogen) atoms. The molecule has 0 aromatic rings. The van der Waals surface area contributed by atoms with Crippen LogP contribution in [0.4, 0.5) is 13.2 Å². The molecule has 2 nitrogen and oxygen atoms in total. The molecule has 1 atom stereocenters. The fraction of sp³-hybridized carbons (Fsp3) is 1.00. The Kier molecular flexibility index (Phi) is 5.05. The second kappa shape index (κ2) is 5.87. The van der Waals surface area contributed by atoms with Gasteiger partial charge in [0.2, 0.25) is 0 Å². The monoisotopic (exact) mass is 238 g/mol. The van der Waals surface area contributed by atoms with Crippen molar-refractivity contribution in [2.45, 2.75) is 44.8 Å². The molecule has 0 aromatic carbocycles. The van der Waals surface area contributed by atoms with E-state index >= 15 is 0 Å². The number of hydrogen-bond acceptors (Lipinski definition) is 2. The zero-order valence-electron chi connectivity index (χ0n) is 9.76. The van der Waals surface area contributed by atoms with Gasteiger partial charge in [-0.2, -0.15) is 13.2 Å². The SMILES string of the molecule is CC(N)C1CCN(CCCC(F)(F)F)CC1. The molecule has 0 saturated carbocycles. The summed E-state index contributed by atoms with van der Waals surface area (Å²) in [5, 5.41) is 0. The molecule has 96 valence electrons. The lowest BCUT2D eigenvalue weighted by molar-refractivity contribution is -0.136. The van der Waals surface area contributed by atoms with E-state index in [0.29, 0.717) is 12.5 Å². The smallest absolute Gasteiger partial charge is 0.328 e. The van der Waals surface area contributed by atoms with Crippen LogP contribution in [0, 0.1) is 5.92 Å². The molecule has 1 heterocycles. The van der Waals surface area contributed by atoms with Gasteiger partial charge in [-0.3, -0.25) is 0 Å². The molecular formula is C11H21F3N2. The van der Waals surface area contributed by atoms with E-state index in [1.807, 2.05) is 6.92 Å². The summed E-state index contributed by atoms with van der Waals surface area (Å²) in [5.74, 6) is 0.541. The van der Waals surface area contributed by atoms with E-state index in [4.69, 9.17) is 5.73 Å². The van der Waals surface area contributed by atoms with Crippen LogP contribution < -0.4 is 5.73 Å². The van der Waals surface area contributed by atoms with Crippen molar-refractivity contribution in [1.29, 1.82) is 0 Å². The first-order chi connectivity index (χ1) is 7.38. The third kappa shape index (κ3) is 5.16. The Morgan fingerprint density at radius 1 is 1.31 bits per heavy atom. The zero-order chi connectivity index (χ0) is 12.2. The molecule has 5 heteroatoms. The highest BCUT2D eigenvalue weighted by atomic mass is 19.4. The summed E-state index contributed by atoms with van der Waals surface area (Å²) in [5.41, 5.74) is 5.80. The van der Waals surface area contributed by atoms with Crippen LogP contribution in [0.5, 0.6) is 0 Å². The van der Waals surface area contributed by atoms with Crippen LogP contribution >= 0.6 is 0 Å². The molecule has 1 saturated heterocycles. The highest BCUT2D eigenvalue weighted by Crippen LogP contribution is 2.23. The number of nitrogens with zero attached hydrogens (tertiary/aromatic N) is 1. The van der Waals surface area contributed by atoms with Crippen molar-refractivity contribution in [3.8, 4) is 0 Å². The van der Waals surface area contributed by atoms with Crippen LogP contribution in [-0.4, -0.2) is 36.8 Å². The number of piperidine rings is 1. The van der Waals surface area contributed by atoms with E-state index in [0.717, 1.165) is 25.9 Å². The molecule has 0 bridgehead atoms. The molecule has 1 rings (SSSR count). The summed E-state index contributed by atoms with van der Waals surface area (Å²) < 4.78 is 35.8. The topological polar surface area (TPSA) is 29.3 Å². The normalized spacial score (nSPS) is 22.3. The average molecular weight is 238 g/mol. The van der Waals surface area contributed by atoms with Crippen LogP contribution in [0.2, 0.25) is 0 Å². The first-order valence-electron chi connectivity index (χ1n) is 5.93. The van der Waals surface area contributed by atoms with Gasteiger partial charge in [0.15, 0.2) is 0 Å². The summed E-state index contributed by atoms with van der Waals surface area (Å²) >= 11 is 0. The summed E-state index contributed by atoms with van der Waals surface area (Å²) in [7, 11) is 0. The van der Waals surface area contributed by atoms with Crippen molar-refractivity contribution < 1.29 is 13.2 Å². The molecule has 0 spiro atoms. The van der Waals surface area contributed by atoms with Crippen molar-refractivity contribution in [3.05, 3.63) is 0 Å². The molecule has 0 radical (unpaired) electrons. The summed E-state index contributed by atoms with van der Waals surface area (Å²) in [6.07, 6.45) is -2.43. The van der Waals surface area contributed by atoms with E-state index in [2.05, 4.69) is 4.90 Å². The van der Waals surface area contributed by atoms with Crippen LogP contribution in [0.15, 0.2) is 0 Å². The largest absolute Gasteiger partial charge is 0.389 e. The molecule has 1 aliphatic rings. The lowest BCUT2D eigenvalue weighted by Gasteiger charge is -2.33. The van der Waals surface area contributed by atoms with Crippen molar-refractivity contribution >= 4 is 0 Å². The molecule has 2 N–H and O–H groups in total. The zero-order valence-corrected chi connectivity index (χ0v) is 9.76. The highest BCUT2D eigenvalue weighted by molar-refractivity contribution is 4.77. The van der Waals surface area contributed by atoms with Gasteiger partial charge in [0, 0.05) is 12.5 Å². The minimum Gasteiger partial charge on any atom is -0.328 e. The minimum absolute atomic E-state index is 0.206. The van der Waals surface area contributed by atoms with Gasteiger partial charge < -0.3 is 10.6 Å². The first-order valence-corrected chi connectivity index (χ1v) is 5.93. The molecule has 1 fully saturated rings. The van der Waals surface area contributed by atoms with E-state index in [1.165, 1.54) is 0 Å². The molecule has 1 aliphatic heterocycles. The number of likely N-dealkylation sites (tertiary alicyclic amines) is 1. The molecule has 0 aromatic heterocycles. The Morgan fingerprint density at radius 3 is 2.31 bits per heavy atom. The molecule has 0 aliphatic carbocycles. The van der Waals surface area contributed by atoms with Gasteiger partial charge in [0.05, 0.1) is 0 Å². The van der Waals surface area contributed by atoms with Crippen LogP contribution in [-0.2, 0) is 0 Å². The van der Waals surface area contributed by atoms with Crippen molar-refractivity contribution in [2.24, 2.45) is 11.7 Å². The van der Waals surface area contributed by atoms with Gasteiger partial charge in [0.1, 0.15) is 0 Å². The third-order valence-corrected chi connectivity index (χ3v) is 3.31. The van der Waals surface area contributed by atoms with Gasteiger partial charge in [-0.1, -0.05) is 0 Å². The van der Waals surface area contributed by atoms with Gasteiger partial charge >= 0.3 is 6.18 Å². The Balaban J connectivity index is 2.13. The van der Waals surface area contributed by atoms with Gasteiger partial charge in [-0.05, 0) is 51.7 Å². The van der Waals surface area contributed by atoms with E-state index in [1.54, 1.807) is 0 Å². The van der Waals surface area contributed by atoms with Crippen molar-refractivity contribution in [2.75, 3.05) is 19.6 Å². The first kappa shape index (κ1) is 13.8. The number of alkyl halides is 3. The highest BCUT2D eigenvalue weighted by Gasteiger charge is 2.27. The summed E-state index contributed by atoms with van der Waals surface area (Å²) in [6, 6.07) is 0.206. The lowest BCUT2D eigenvalue weighted by atomic mass is 9.91. The van der Waals surface area contributed by atoms with Crippen LogP contribution in [0.1, 0.15) is 32.6 Å². The number of hydrogen-bond donors (Lipinski definition) is 1. The maximum atomic E-state index is 11.9. The standard InChI is InChI=1S/C11H21F3N2/c1-9(15)10-3-7-16(8-4-10)6-2-5-11(12,13)14/h9-10H,2-8,15H2,1H3. The Bertz CT molecular complexity index is 196. The fourth-order valence-electron chi connectivity index (χ4n) is 2.21. The number of nitrogens with two attached hydrogens (primary N) is 1. The van der Waals surface area contributed by atoms with E-state index < -0.39 is 12.6 Å². The summed E-state index contributed by atoms with van der Waals surface area (Å²) in [4.78, 5) is 2.12. The molecule has 0 amide bonds. The Hall–Kier alpha value is -0.290. The van der Waals surface area contributed by atoms with Crippen molar-refractivity contribution in [1.82, 2.24) is 4.90 Å². The number of halogens is 3. The van der Waals surface area contributed by atoms with E-state index in [-0.39, 0.29) is 12.5 Å². The van der Waals surface area contributed by atoms with Gasteiger partial charge in [-0.25, -0.2) is 0 Å². The second-order valence-electron chi connectivity index (χ2n) is 4.76. The minimum atomic E-state index is -4.01. The Morgan fingerprint density at radius 2 is 1.88 bits per heavy atom. The van der Waals surface area contributed by atoms with Crippen LogP contribution in [0.25, 0.3) is 0 Å². The average Bonchev–Trinajstić information content (AvgIpc) is 2.16. The quantitative estimate of drug-likeness (QED) is 0.814. The molecular weight excluding hydrogens is 217 g/mol. The van der Waals surface area contributed by atoms with Gasteiger partial charge in [-0.15, -0.1) is 0 Å². The third-order valence-electron chi connectivity index (χ3n) is 3.31. The predicted octanol–water partition coefficient (Wildman–Crippen LogP) is 2.39. The maximum Gasteiger partial charge on any atom is 0.389 e. The number of rotatable bonds is 4. The molecule has 1 unspecified atom stereocenters. The maximum absolute atomic E-state index is 11.9. The lowest BCUT2D eigenvalue weighted by Crippen LogP contribution is -2.40. The Labute approximate surface area is 95.0 Å². The summed E-state index contributed by atoms with van der Waals surface area (Å²) in [6.45, 7) is 4.35. The second-order valence-corrected chi connectivity index (χ2v) is 4.76. The fourth-order valence-corrected chi connectivity index (χ4v) is 2.21. The van der Waals surface area contributed by atoms with E-state index in [9.17, 15) is 13.2 Å².